The van der Waals surface area contributed by atoms with E-state index in [4.69, 9.17) is 0 Å². The van der Waals surface area contributed by atoms with E-state index in [-0.39, 0.29) is 11.9 Å². The molecule has 1 heterocycles. The number of halogens is 4. The summed E-state index contributed by atoms with van der Waals surface area (Å²) in [5.74, 6) is 0.483. The molecule has 15 heavy (non-hydrogen) atoms. The lowest BCUT2D eigenvalue weighted by molar-refractivity contribution is -0.129. The van der Waals surface area contributed by atoms with Gasteiger partial charge in [-0.3, -0.25) is 0 Å². The van der Waals surface area contributed by atoms with Crippen LogP contribution >= 0.6 is 15.9 Å². The third-order valence-corrected chi connectivity index (χ3v) is 2.33. The molecule has 3 nitrogen and oxygen atoms in total. The summed E-state index contributed by atoms with van der Waals surface area (Å²) < 4.78 is 38.1. The fourth-order valence-electron chi connectivity index (χ4n) is 1.35. The maximum absolute atomic E-state index is 12.2. The molecule has 0 spiro atoms. The average molecular weight is 286 g/mol. The molecule has 7 heteroatoms. The van der Waals surface area contributed by atoms with Crippen LogP contribution in [0.1, 0.15) is 31.5 Å². The largest absolute Gasteiger partial charge is 0.396 e. The molecule has 1 aromatic heterocycles. The normalized spacial score (nSPS) is 12.5. The highest BCUT2D eigenvalue weighted by molar-refractivity contribution is 9.08. The van der Waals surface area contributed by atoms with Crippen molar-refractivity contribution in [2.45, 2.75) is 37.8 Å². The highest BCUT2D eigenvalue weighted by Crippen LogP contribution is 2.23. The zero-order chi connectivity index (χ0) is 11.6. The van der Waals surface area contributed by atoms with Crippen molar-refractivity contribution in [2.75, 3.05) is 0 Å². The van der Waals surface area contributed by atoms with E-state index >= 15 is 0 Å². The van der Waals surface area contributed by atoms with Crippen LogP contribution in [0, 0.1) is 0 Å². The smallest absolute Gasteiger partial charge is 0.311 e. The zero-order valence-corrected chi connectivity index (χ0v) is 9.93. The maximum Gasteiger partial charge on any atom is 0.396 e. The van der Waals surface area contributed by atoms with Crippen LogP contribution in [0.15, 0.2) is 0 Å². The molecule has 0 atom stereocenters. The van der Waals surface area contributed by atoms with E-state index in [1.54, 1.807) is 13.8 Å². The van der Waals surface area contributed by atoms with Crippen LogP contribution in [0.4, 0.5) is 13.2 Å². The van der Waals surface area contributed by atoms with Gasteiger partial charge < -0.3 is 4.57 Å². The fraction of sp³-hybridized carbons (Fsp3) is 0.750. The van der Waals surface area contributed by atoms with Gasteiger partial charge in [0.05, 0.1) is 5.33 Å². The van der Waals surface area contributed by atoms with Crippen LogP contribution in [0.3, 0.4) is 0 Å². The fourth-order valence-corrected chi connectivity index (χ4v) is 1.73. The molecule has 0 radical (unpaired) electrons. The summed E-state index contributed by atoms with van der Waals surface area (Å²) in [5.41, 5.74) is 0. The molecule has 0 amide bonds. The molecule has 1 aromatic rings. The van der Waals surface area contributed by atoms with E-state index in [0.717, 1.165) is 0 Å². The van der Waals surface area contributed by atoms with Gasteiger partial charge in [-0.2, -0.15) is 13.2 Å². The Labute approximate surface area is 93.8 Å². The van der Waals surface area contributed by atoms with Crippen molar-refractivity contribution in [1.82, 2.24) is 14.8 Å². The maximum atomic E-state index is 12.2. The minimum atomic E-state index is -4.25. The third-order valence-electron chi connectivity index (χ3n) is 1.83. The number of nitrogens with zero attached hydrogens (tertiary/aromatic N) is 3. The average Bonchev–Trinajstić information content (AvgIpc) is 2.44. The van der Waals surface area contributed by atoms with Crippen LogP contribution < -0.4 is 0 Å². The van der Waals surface area contributed by atoms with Gasteiger partial charge in [-0.05, 0) is 13.8 Å². The van der Waals surface area contributed by atoms with Gasteiger partial charge in [-0.15, -0.1) is 10.2 Å². The monoisotopic (exact) mass is 285 g/mol. The SMILES string of the molecule is CC(C)n1c(CBr)nnc1CC(F)(F)F. The topological polar surface area (TPSA) is 30.7 Å². The van der Waals surface area contributed by atoms with Crippen LogP contribution in [0.2, 0.25) is 0 Å². The molecule has 0 aromatic carbocycles. The van der Waals surface area contributed by atoms with E-state index in [0.29, 0.717) is 11.2 Å². The zero-order valence-electron chi connectivity index (χ0n) is 8.35. The second-order valence-electron chi connectivity index (χ2n) is 3.42. The van der Waals surface area contributed by atoms with Crippen molar-refractivity contribution >= 4 is 15.9 Å². The van der Waals surface area contributed by atoms with Crippen LogP contribution in [0.25, 0.3) is 0 Å². The van der Waals surface area contributed by atoms with Gasteiger partial charge in [0.25, 0.3) is 0 Å². The lowest BCUT2D eigenvalue weighted by Crippen LogP contribution is -2.18. The molecule has 0 saturated heterocycles. The predicted molar refractivity (Wildman–Crippen MR) is 52.8 cm³/mol. The summed E-state index contributed by atoms with van der Waals surface area (Å²) in [6, 6.07) is -0.0788. The van der Waals surface area contributed by atoms with E-state index in [9.17, 15) is 13.2 Å². The second kappa shape index (κ2) is 4.51. The van der Waals surface area contributed by atoms with Gasteiger partial charge in [-0.25, -0.2) is 0 Å². The van der Waals surface area contributed by atoms with Gasteiger partial charge in [-0.1, -0.05) is 15.9 Å². The highest BCUT2D eigenvalue weighted by atomic mass is 79.9. The van der Waals surface area contributed by atoms with Gasteiger partial charge in [0, 0.05) is 6.04 Å². The van der Waals surface area contributed by atoms with Gasteiger partial charge in [0.15, 0.2) is 0 Å². The molecular weight excluding hydrogens is 275 g/mol. The van der Waals surface area contributed by atoms with Gasteiger partial charge in [0.2, 0.25) is 0 Å². The second-order valence-corrected chi connectivity index (χ2v) is 3.98. The Hall–Kier alpha value is -0.590. The molecule has 0 N–H and O–H groups in total. The molecule has 0 saturated carbocycles. The minimum absolute atomic E-state index is 0.0352. The van der Waals surface area contributed by atoms with Gasteiger partial charge in [0.1, 0.15) is 18.1 Å². The summed E-state index contributed by atoms with van der Waals surface area (Å²) in [6.07, 6.45) is -5.28. The Morgan fingerprint density at radius 1 is 1.27 bits per heavy atom. The third kappa shape index (κ3) is 3.19. The first-order valence-electron chi connectivity index (χ1n) is 4.40. The Balaban J connectivity index is 3.03. The van der Waals surface area contributed by atoms with Crippen molar-refractivity contribution in [2.24, 2.45) is 0 Å². The van der Waals surface area contributed by atoms with Gasteiger partial charge >= 0.3 is 6.18 Å². The van der Waals surface area contributed by atoms with E-state index in [1.807, 2.05) is 0 Å². The summed E-state index contributed by atoms with van der Waals surface area (Å²) in [7, 11) is 0. The van der Waals surface area contributed by atoms with Crippen molar-refractivity contribution < 1.29 is 13.2 Å². The first-order chi connectivity index (χ1) is 6.85. The first-order valence-corrected chi connectivity index (χ1v) is 5.52. The lowest BCUT2D eigenvalue weighted by atomic mass is 10.3. The number of hydrogen-bond acceptors (Lipinski definition) is 2. The summed E-state index contributed by atoms with van der Waals surface area (Å²) >= 11 is 3.17. The predicted octanol–water partition coefficient (Wildman–Crippen LogP) is 2.86. The van der Waals surface area contributed by atoms with E-state index in [1.165, 1.54) is 4.57 Å². The molecule has 0 aliphatic rings. The molecule has 0 unspecified atom stereocenters. The highest BCUT2D eigenvalue weighted by Gasteiger charge is 2.31. The molecule has 0 fully saturated rings. The number of hydrogen-bond donors (Lipinski definition) is 0. The van der Waals surface area contributed by atoms with Crippen molar-refractivity contribution in [3.8, 4) is 0 Å². The summed E-state index contributed by atoms with van der Waals surface area (Å²) in [4.78, 5) is 0. The minimum Gasteiger partial charge on any atom is -0.311 e. The van der Waals surface area contributed by atoms with E-state index in [2.05, 4.69) is 26.1 Å². The number of rotatable bonds is 3. The first kappa shape index (κ1) is 12.5. The Morgan fingerprint density at radius 2 is 1.80 bits per heavy atom. The van der Waals surface area contributed by atoms with Crippen molar-refractivity contribution in [3.63, 3.8) is 0 Å². The number of aromatic nitrogens is 3. The Morgan fingerprint density at radius 3 is 2.20 bits per heavy atom. The van der Waals surface area contributed by atoms with Crippen LogP contribution in [0.5, 0.6) is 0 Å². The van der Waals surface area contributed by atoms with Crippen LogP contribution in [-0.4, -0.2) is 20.9 Å². The van der Waals surface area contributed by atoms with Crippen molar-refractivity contribution in [3.05, 3.63) is 11.6 Å². The Bertz CT molecular complexity index is 332. The summed E-state index contributed by atoms with van der Waals surface area (Å²) in [6.45, 7) is 3.60. The molecule has 0 aliphatic heterocycles. The molecular formula is C8H11BrF3N3. The Kier molecular flexibility index (Phi) is 3.75. The quantitative estimate of drug-likeness (QED) is 0.800. The van der Waals surface area contributed by atoms with E-state index < -0.39 is 12.6 Å². The molecule has 0 bridgehead atoms. The molecule has 0 aliphatic carbocycles. The standard InChI is InChI=1S/C8H11BrF3N3/c1-5(2)15-6(3-8(10,11)12)13-14-7(15)4-9/h5H,3-4H2,1-2H3. The number of alkyl halides is 4. The molecule has 86 valence electrons. The summed E-state index contributed by atoms with van der Waals surface area (Å²) in [5, 5.41) is 7.66. The van der Waals surface area contributed by atoms with Crippen LogP contribution in [-0.2, 0) is 11.8 Å². The lowest BCUT2D eigenvalue weighted by Gasteiger charge is -2.13. The van der Waals surface area contributed by atoms with Crippen molar-refractivity contribution in [1.29, 1.82) is 0 Å². The molecule has 1 rings (SSSR count).